The molecule has 0 aromatic heterocycles. The van der Waals surface area contributed by atoms with Gasteiger partial charge in [0.2, 0.25) is 5.91 Å². The number of carbonyl (C=O) groups excluding carboxylic acids is 4. The highest BCUT2D eigenvalue weighted by molar-refractivity contribution is 5.98. The highest BCUT2D eigenvalue weighted by Crippen LogP contribution is 2.35. The second-order valence-corrected chi connectivity index (χ2v) is 8.62. The van der Waals surface area contributed by atoms with Crippen molar-refractivity contribution in [2.75, 3.05) is 32.8 Å². The number of ketones is 1. The summed E-state index contributed by atoms with van der Waals surface area (Å²) in [7, 11) is 0. The summed E-state index contributed by atoms with van der Waals surface area (Å²) in [5.74, 6) is -0.0435. The van der Waals surface area contributed by atoms with Crippen LogP contribution in [0.4, 0.5) is 4.79 Å². The van der Waals surface area contributed by atoms with Crippen molar-refractivity contribution in [3.63, 3.8) is 0 Å². The number of rotatable bonds is 8. The molecular formula is C24H32N2O7. The van der Waals surface area contributed by atoms with Crippen molar-refractivity contribution < 1.29 is 33.4 Å². The molecule has 1 aromatic rings. The zero-order valence-corrected chi connectivity index (χ0v) is 19.8. The van der Waals surface area contributed by atoms with E-state index in [0.29, 0.717) is 49.3 Å². The van der Waals surface area contributed by atoms with Gasteiger partial charge < -0.3 is 19.1 Å². The third-order valence-corrected chi connectivity index (χ3v) is 6.19. The molecule has 1 spiro atoms. The van der Waals surface area contributed by atoms with Crippen LogP contribution in [0.25, 0.3) is 0 Å². The van der Waals surface area contributed by atoms with Crippen molar-refractivity contribution in [2.24, 2.45) is 0 Å². The van der Waals surface area contributed by atoms with Gasteiger partial charge in [-0.2, -0.15) is 0 Å². The van der Waals surface area contributed by atoms with Crippen LogP contribution in [0, 0.1) is 0 Å². The molecule has 2 aliphatic rings. The van der Waals surface area contributed by atoms with Crippen molar-refractivity contribution in [3.05, 3.63) is 23.3 Å². The fourth-order valence-electron chi connectivity index (χ4n) is 4.40. The van der Waals surface area contributed by atoms with Gasteiger partial charge in [-0.3, -0.25) is 14.4 Å². The van der Waals surface area contributed by atoms with Gasteiger partial charge in [0, 0.05) is 51.9 Å². The van der Waals surface area contributed by atoms with Gasteiger partial charge in [0.1, 0.15) is 17.1 Å². The number of amides is 2. The first-order chi connectivity index (χ1) is 15.7. The lowest BCUT2D eigenvalue weighted by Gasteiger charge is -2.37. The molecule has 1 aromatic carbocycles. The number of esters is 1. The molecule has 33 heavy (non-hydrogen) atoms. The molecular weight excluding hydrogens is 428 g/mol. The molecule has 0 N–H and O–H groups in total. The Morgan fingerprint density at radius 2 is 1.82 bits per heavy atom. The zero-order valence-electron chi connectivity index (χ0n) is 19.8. The van der Waals surface area contributed by atoms with Crippen LogP contribution < -0.4 is 9.47 Å². The predicted molar refractivity (Wildman–Crippen MR) is 120 cm³/mol. The molecule has 0 radical (unpaired) electrons. The number of piperidine rings is 1. The number of likely N-dealkylation sites (tertiary alicyclic amines) is 1. The minimum absolute atomic E-state index is 0.172. The van der Waals surface area contributed by atoms with Crippen molar-refractivity contribution in [2.45, 2.75) is 59.0 Å². The lowest BCUT2D eigenvalue weighted by Crippen LogP contribution is -2.47. The summed E-state index contributed by atoms with van der Waals surface area (Å²) in [6.45, 7) is 9.24. The number of ether oxygens (including phenoxy) is 3. The van der Waals surface area contributed by atoms with Crippen LogP contribution >= 0.6 is 0 Å². The van der Waals surface area contributed by atoms with Gasteiger partial charge in [-0.25, -0.2) is 9.69 Å². The normalized spacial score (nSPS) is 17.7. The zero-order chi connectivity index (χ0) is 24.2. The highest BCUT2D eigenvalue weighted by Gasteiger charge is 2.48. The Hall–Kier alpha value is -2.94. The second-order valence-electron chi connectivity index (χ2n) is 8.62. The number of benzene rings is 1. The van der Waals surface area contributed by atoms with E-state index in [2.05, 4.69) is 4.90 Å². The smallest absolute Gasteiger partial charge is 0.417 e. The summed E-state index contributed by atoms with van der Waals surface area (Å²) in [5, 5.41) is 0. The Morgan fingerprint density at radius 1 is 1.12 bits per heavy atom. The number of imide groups is 1. The fraction of sp³-hybridized carbons (Fsp3) is 0.583. The Morgan fingerprint density at radius 3 is 2.36 bits per heavy atom. The van der Waals surface area contributed by atoms with Crippen molar-refractivity contribution in [1.29, 1.82) is 0 Å². The second kappa shape index (κ2) is 10.3. The van der Waals surface area contributed by atoms with E-state index in [9.17, 15) is 19.2 Å². The molecule has 2 saturated heterocycles. The summed E-state index contributed by atoms with van der Waals surface area (Å²) < 4.78 is 16.9. The molecule has 2 amide bonds. The van der Waals surface area contributed by atoms with Gasteiger partial charge >= 0.3 is 12.1 Å². The first-order valence-electron chi connectivity index (χ1n) is 11.4. The van der Waals surface area contributed by atoms with Gasteiger partial charge in [-0.1, -0.05) is 6.92 Å². The van der Waals surface area contributed by atoms with Gasteiger partial charge in [-0.15, -0.1) is 0 Å². The average Bonchev–Trinajstić information content (AvgIpc) is 3.08. The minimum atomic E-state index is -0.558. The van der Waals surface area contributed by atoms with Crippen molar-refractivity contribution in [1.82, 2.24) is 9.80 Å². The Balaban J connectivity index is 1.52. The van der Waals surface area contributed by atoms with Gasteiger partial charge in [0.15, 0.2) is 5.78 Å². The standard InChI is InChI=1S/C24H32N2O7/c1-5-19-21(8-7-20(16(2)27)22(19)32-18(4)29)31-14-6-11-25-12-9-24(10-13-25)15-26(17(3)28)23(30)33-24/h7-8H,5-6,9-15H2,1-4H3. The van der Waals surface area contributed by atoms with E-state index in [-0.39, 0.29) is 17.4 Å². The van der Waals surface area contributed by atoms with Crippen LogP contribution in [-0.4, -0.2) is 71.9 Å². The minimum Gasteiger partial charge on any atom is -0.493 e. The Kier molecular flexibility index (Phi) is 7.73. The first kappa shape index (κ1) is 24.7. The van der Waals surface area contributed by atoms with E-state index in [1.54, 1.807) is 12.1 Å². The van der Waals surface area contributed by atoms with Crippen LogP contribution in [0.2, 0.25) is 0 Å². The van der Waals surface area contributed by atoms with Gasteiger partial charge in [0.25, 0.3) is 0 Å². The van der Waals surface area contributed by atoms with Crippen LogP contribution in [0.15, 0.2) is 12.1 Å². The maximum atomic E-state index is 11.9. The predicted octanol–water partition coefficient (Wildman–Crippen LogP) is 2.98. The number of nitrogens with zero attached hydrogens (tertiary/aromatic N) is 2. The summed E-state index contributed by atoms with van der Waals surface area (Å²) in [6, 6.07) is 3.38. The lowest BCUT2D eigenvalue weighted by molar-refractivity contribution is -0.132. The van der Waals surface area contributed by atoms with Crippen molar-refractivity contribution in [3.8, 4) is 11.5 Å². The largest absolute Gasteiger partial charge is 0.493 e. The molecule has 3 rings (SSSR count). The van der Waals surface area contributed by atoms with E-state index in [4.69, 9.17) is 14.2 Å². The molecule has 9 heteroatoms. The maximum Gasteiger partial charge on any atom is 0.417 e. The summed E-state index contributed by atoms with van der Waals surface area (Å²) in [4.78, 5) is 50.4. The summed E-state index contributed by atoms with van der Waals surface area (Å²) in [6.07, 6.45) is 2.19. The van der Waals surface area contributed by atoms with Crippen LogP contribution in [0.3, 0.4) is 0 Å². The maximum absolute atomic E-state index is 11.9. The molecule has 2 heterocycles. The number of Topliss-reactive ketones (excluding diaryl/α,β-unsaturated/α-hetero) is 1. The van der Waals surface area contributed by atoms with E-state index >= 15 is 0 Å². The molecule has 0 aliphatic carbocycles. The molecule has 9 nitrogen and oxygen atoms in total. The number of hydrogen-bond donors (Lipinski definition) is 0. The summed E-state index contributed by atoms with van der Waals surface area (Å²) in [5.41, 5.74) is 0.514. The molecule has 180 valence electrons. The Labute approximate surface area is 193 Å². The molecule has 0 saturated carbocycles. The van der Waals surface area contributed by atoms with Crippen molar-refractivity contribution >= 4 is 23.8 Å². The lowest BCUT2D eigenvalue weighted by atomic mass is 9.91. The molecule has 0 unspecified atom stereocenters. The van der Waals surface area contributed by atoms with Gasteiger partial charge in [-0.05, 0) is 31.9 Å². The first-order valence-corrected chi connectivity index (χ1v) is 11.4. The number of carbonyl (C=O) groups is 4. The summed E-state index contributed by atoms with van der Waals surface area (Å²) >= 11 is 0. The Bertz CT molecular complexity index is 935. The van der Waals surface area contributed by atoms with Crippen LogP contribution in [0.1, 0.15) is 62.9 Å². The monoisotopic (exact) mass is 460 g/mol. The highest BCUT2D eigenvalue weighted by atomic mass is 16.6. The quantitative estimate of drug-likeness (QED) is 0.253. The average molecular weight is 461 g/mol. The molecule has 0 bridgehead atoms. The third kappa shape index (κ3) is 5.71. The molecule has 2 fully saturated rings. The van der Waals surface area contributed by atoms with Crippen LogP contribution in [-0.2, 0) is 20.7 Å². The van der Waals surface area contributed by atoms with E-state index < -0.39 is 17.7 Å². The molecule has 2 aliphatic heterocycles. The van der Waals surface area contributed by atoms with Crippen LogP contribution in [0.5, 0.6) is 11.5 Å². The topological polar surface area (TPSA) is 102 Å². The number of hydrogen-bond acceptors (Lipinski definition) is 8. The van der Waals surface area contributed by atoms with E-state index in [0.717, 1.165) is 26.1 Å². The van der Waals surface area contributed by atoms with E-state index in [1.807, 2.05) is 6.92 Å². The SMILES string of the molecule is CCc1c(OCCCN2CCC3(CC2)CN(C(C)=O)C(=O)O3)ccc(C(C)=O)c1OC(C)=O. The third-order valence-electron chi connectivity index (χ3n) is 6.19. The fourth-order valence-corrected chi connectivity index (χ4v) is 4.40. The molecule has 0 atom stereocenters. The van der Waals surface area contributed by atoms with E-state index in [1.165, 1.54) is 25.7 Å². The van der Waals surface area contributed by atoms with Gasteiger partial charge in [0.05, 0.1) is 18.7 Å².